The first kappa shape index (κ1) is 22.9. The molecule has 0 radical (unpaired) electrons. The number of hydrogen-bond donors (Lipinski definition) is 0. The maximum Gasteiger partial charge on any atom is 0.173 e. The van der Waals surface area contributed by atoms with Crippen molar-refractivity contribution in [3.05, 3.63) is 101 Å². The van der Waals surface area contributed by atoms with Gasteiger partial charge >= 0.3 is 0 Å². The Bertz CT molecular complexity index is 1250. The van der Waals surface area contributed by atoms with Gasteiger partial charge in [-0.05, 0) is 58.0 Å². The summed E-state index contributed by atoms with van der Waals surface area (Å²) in [5, 5.41) is 12.5. The van der Waals surface area contributed by atoms with Crippen LogP contribution in [-0.4, -0.2) is 58.4 Å². The first-order chi connectivity index (χ1) is 17.1. The largest absolute Gasteiger partial charge is 0.495 e. The van der Waals surface area contributed by atoms with Gasteiger partial charge in [-0.2, -0.15) is 0 Å². The Morgan fingerprint density at radius 3 is 2.20 bits per heavy atom. The minimum Gasteiger partial charge on any atom is -0.495 e. The second kappa shape index (κ2) is 10.2. The number of aromatic nitrogens is 4. The van der Waals surface area contributed by atoms with Crippen LogP contribution in [0.15, 0.2) is 72.8 Å². The summed E-state index contributed by atoms with van der Waals surface area (Å²) in [4.78, 5) is 4.62. The van der Waals surface area contributed by atoms with E-state index in [-0.39, 0.29) is 17.7 Å². The molecule has 1 fully saturated rings. The second-order valence-corrected chi connectivity index (χ2v) is 8.47. The quantitative estimate of drug-likeness (QED) is 0.403. The van der Waals surface area contributed by atoms with Crippen LogP contribution in [0.25, 0.3) is 0 Å². The van der Waals surface area contributed by atoms with Crippen molar-refractivity contribution in [2.24, 2.45) is 0 Å². The summed E-state index contributed by atoms with van der Waals surface area (Å²) >= 11 is 0. The SMILES string of the molecule is COc1ccccc1N1CCN([C@@H](c2ccc(F)cc2)c2nnnn2Cc2ccc(F)cc2)CC1. The van der Waals surface area contributed by atoms with Crippen LogP contribution < -0.4 is 9.64 Å². The first-order valence-corrected chi connectivity index (χ1v) is 11.5. The van der Waals surface area contributed by atoms with Crippen molar-refractivity contribution in [2.45, 2.75) is 12.6 Å². The Kier molecular flexibility index (Phi) is 6.67. The summed E-state index contributed by atoms with van der Waals surface area (Å²) in [7, 11) is 1.68. The highest BCUT2D eigenvalue weighted by Crippen LogP contribution is 2.32. The summed E-state index contributed by atoms with van der Waals surface area (Å²) in [6.07, 6.45) is 0. The number of methoxy groups -OCH3 is 1. The summed E-state index contributed by atoms with van der Waals surface area (Å²) in [6, 6.07) is 20.5. The molecule has 2 heterocycles. The minimum atomic E-state index is -0.292. The van der Waals surface area contributed by atoms with Gasteiger partial charge in [-0.15, -0.1) is 5.10 Å². The summed E-state index contributed by atoms with van der Waals surface area (Å²) in [5.74, 6) is 0.924. The number of piperazine rings is 1. The van der Waals surface area contributed by atoms with Gasteiger partial charge in [0.25, 0.3) is 0 Å². The summed E-state index contributed by atoms with van der Waals surface area (Å²) < 4.78 is 34.4. The van der Waals surface area contributed by atoms with Crippen molar-refractivity contribution >= 4 is 5.69 Å². The normalized spacial score (nSPS) is 15.2. The van der Waals surface area contributed by atoms with Crippen molar-refractivity contribution < 1.29 is 13.5 Å². The number of benzene rings is 3. The van der Waals surface area contributed by atoms with Gasteiger partial charge in [0.15, 0.2) is 5.82 Å². The number of hydrogen-bond acceptors (Lipinski definition) is 6. The lowest BCUT2D eigenvalue weighted by Gasteiger charge is -2.40. The lowest BCUT2D eigenvalue weighted by Crippen LogP contribution is -2.48. The molecule has 35 heavy (non-hydrogen) atoms. The molecule has 0 saturated carbocycles. The van der Waals surface area contributed by atoms with Crippen LogP contribution in [0.5, 0.6) is 5.75 Å². The van der Waals surface area contributed by atoms with Gasteiger partial charge in [0.1, 0.15) is 17.4 Å². The fourth-order valence-electron chi connectivity index (χ4n) is 4.56. The van der Waals surface area contributed by atoms with E-state index in [1.165, 1.54) is 24.3 Å². The van der Waals surface area contributed by atoms with E-state index in [9.17, 15) is 8.78 Å². The molecule has 1 aromatic heterocycles. The third-order valence-corrected chi connectivity index (χ3v) is 6.34. The molecule has 0 amide bonds. The van der Waals surface area contributed by atoms with E-state index in [2.05, 4.69) is 31.4 Å². The van der Waals surface area contributed by atoms with E-state index >= 15 is 0 Å². The predicted molar refractivity (Wildman–Crippen MR) is 128 cm³/mol. The maximum atomic E-state index is 13.7. The topological polar surface area (TPSA) is 59.3 Å². The highest BCUT2D eigenvalue weighted by Gasteiger charge is 2.31. The summed E-state index contributed by atoms with van der Waals surface area (Å²) in [6.45, 7) is 3.49. The Balaban J connectivity index is 1.42. The molecule has 0 unspecified atom stereocenters. The van der Waals surface area contributed by atoms with Crippen molar-refractivity contribution in [2.75, 3.05) is 38.2 Å². The number of anilines is 1. The van der Waals surface area contributed by atoms with Gasteiger partial charge in [-0.1, -0.05) is 36.4 Å². The number of halogens is 2. The predicted octanol–water partition coefficient (Wildman–Crippen LogP) is 3.92. The second-order valence-electron chi connectivity index (χ2n) is 8.47. The monoisotopic (exact) mass is 476 g/mol. The summed E-state index contributed by atoms with van der Waals surface area (Å²) in [5.41, 5.74) is 2.86. The molecule has 5 rings (SSSR count). The van der Waals surface area contributed by atoms with Crippen LogP contribution >= 0.6 is 0 Å². The van der Waals surface area contributed by atoms with E-state index in [0.717, 1.165) is 48.7 Å². The van der Waals surface area contributed by atoms with Gasteiger partial charge in [0.05, 0.1) is 25.4 Å². The molecule has 0 N–H and O–H groups in total. The molecule has 0 aliphatic carbocycles. The van der Waals surface area contributed by atoms with Crippen LogP contribution in [0.2, 0.25) is 0 Å². The minimum absolute atomic E-state index is 0.258. The molecule has 1 aliphatic rings. The average molecular weight is 477 g/mol. The maximum absolute atomic E-state index is 13.7. The number of tetrazole rings is 1. The molecule has 0 spiro atoms. The fraction of sp³-hybridized carbons (Fsp3) is 0.269. The van der Waals surface area contributed by atoms with Gasteiger partial charge in [-0.3, -0.25) is 4.90 Å². The molecule has 1 atom stereocenters. The molecular formula is C26H26F2N6O. The molecule has 9 heteroatoms. The van der Waals surface area contributed by atoms with E-state index in [1.54, 1.807) is 36.1 Å². The highest BCUT2D eigenvalue weighted by molar-refractivity contribution is 5.58. The van der Waals surface area contributed by atoms with Crippen molar-refractivity contribution in [3.8, 4) is 5.75 Å². The zero-order valence-electron chi connectivity index (χ0n) is 19.4. The van der Waals surface area contributed by atoms with Gasteiger partial charge < -0.3 is 9.64 Å². The molecule has 7 nitrogen and oxygen atoms in total. The molecular weight excluding hydrogens is 450 g/mol. The van der Waals surface area contributed by atoms with Crippen LogP contribution in [0.1, 0.15) is 23.0 Å². The molecule has 3 aromatic carbocycles. The van der Waals surface area contributed by atoms with Gasteiger partial charge in [0, 0.05) is 26.2 Å². The zero-order chi connectivity index (χ0) is 24.2. The Labute approximate surface area is 202 Å². The molecule has 0 bridgehead atoms. The Hall–Kier alpha value is -3.85. The van der Waals surface area contributed by atoms with E-state index in [1.807, 2.05) is 18.2 Å². The standard InChI is InChI=1S/C26H26F2N6O/c1-35-24-5-3-2-4-23(24)32-14-16-33(17-15-32)25(20-8-12-22(28)13-9-20)26-29-30-31-34(26)18-19-6-10-21(27)11-7-19/h2-13,25H,14-18H2,1H3/t25-/m0/s1. The van der Waals surface area contributed by atoms with E-state index in [0.29, 0.717) is 12.4 Å². The lowest BCUT2D eigenvalue weighted by molar-refractivity contribution is 0.201. The van der Waals surface area contributed by atoms with Crippen LogP contribution in [0, 0.1) is 11.6 Å². The zero-order valence-corrected chi connectivity index (χ0v) is 19.4. The molecule has 1 aliphatic heterocycles. The molecule has 4 aromatic rings. The Morgan fingerprint density at radius 1 is 0.857 bits per heavy atom. The Morgan fingerprint density at radius 2 is 1.51 bits per heavy atom. The average Bonchev–Trinajstić information content (AvgIpc) is 3.34. The number of ether oxygens (including phenoxy) is 1. The van der Waals surface area contributed by atoms with Crippen LogP contribution in [0.4, 0.5) is 14.5 Å². The third-order valence-electron chi connectivity index (χ3n) is 6.34. The van der Waals surface area contributed by atoms with E-state index < -0.39 is 0 Å². The highest BCUT2D eigenvalue weighted by atomic mass is 19.1. The van der Waals surface area contributed by atoms with Crippen LogP contribution in [0.3, 0.4) is 0 Å². The van der Waals surface area contributed by atoms with Crippen molar-refractivity contribution in [1.82, 2.24) is 25.1 Å². The number of para-hydroxylation sites is 2. The number of nitrogens with zero attached hydrogens (tertiary/aromatic N) is 6. The van der Waals surface area contributed by atoms with E-state index in [4.69, 9.17) is 4.74 Å². The van der Waals surface area contributed by atoms with Crippen molar-refractivity contribution in [1.29, 1.82) is 0 Å². The van der Waals surface area contributed by atoms with Crippen molar-refractivity contribution in [3.63, 3.8) is 0 Å². The van der Waals surface area contributed by atoms with Gasteiger partial charge in [0.2, 0.25) is 0 Å². The number of rotatable bonds is 7. The lowest BCUT2D eigenvalue weighted by atomic mass is 10.0. The molecule has 180 valence electrons. The fourth-order valence-corrected chi connectivity index (χ4v) is 4.56. The smallest absolute Gasteiger partial charge is 0.173 e. The third kappa shape index (κ3) is 5.00. The van der Waals surface area contributed by atoms with Gasteiger partial charge in [-0.25, -0.2) is 13.5 Å². The van der Waals surface area contributed by atoms with Crippen LogP contribution in [-0.2, 0) is 6.54 Å². The molecule has 1 saturated heterocycles. The first-order valence-electron chi connectivity index (χ1n) is 11.5.